The molecule has 0 saturated heterocycles. The van der Waals surface area contributed by atoms with Crippen LogP contribution in [0.15, 0.2) is 23.8 Å². The number of hydrogen-bond donors (Lipinski definition) is 1. The molecule has 3 nitrogen and oxygen atoms in total. The molecule has 0 amide bonds. The van der Waals surface area contributed by atoms with Gasteiger partial charge in [-0.05, 0) is 38.6 Å². The Bertz CT molecular complexity index is 386. The largest absolute Gasteiger partial charge is 0.493 e. The fraction of sp³-hybridized carbons (Fsp3) is 0.429. The van der Waals surface area contributed by atoms with E-state index in [1.165, 1.54) is 5.57 Å². The lowest BCUT2D eigenvalue weighted by atomic mass is 10.1. The van der Waals surface area contributed by atoms with E-state index in [0.717, 1.165) is 23.6 Å². The van der Waals surface area contributed by atoms with E-state index >= 15 is 0 Å². The molecule has 0 aliphatic carbocycles. The summed E-state index contributed by atoms with van der Waals surface area (Å²) in [6, 6.07) is 5.96. The predicted octanol–water partition coefficient (Wildman–Crippen LogP) is 2.72. The standard InChI is InChI=1S/C14H21NO2/c1-5-17-14-9-12(6-7-13(14)16-4)8-11(2)10-15-3/h6-9,15H,5,10H2,1-4H3. The van der Waals surface area contributed by atoms with Gasteiger partial charge in [0.05, 0.1) is 13.7 Å². The van der Waals surface area contributed by atoms with E-state index in [9.17, 15) is 0 Å². The molecule has 17 heavy (non-hydrogen) atoms. The zero-order valence-corrected chi connectivity index (χ0v) is 11.0. The number of methoxy groups -OCH3 is 1. The van der Waals surface area contributed by atoms with E-state index in [1.807, 2.05) is 32.2 Å². The quantitative estimate of drug-likeness (QED) is 0.822. The lowest BCUT2D eigenvalue weighted by Gasteiger charge is -2.10. The van der Waals surface area contributed by atoms with Crippen LogP contribution in [0.5, 0.6) is 11.5 Å². The van der Waals surface area contributed by atoms with E-state index in [-0.39, 0.29) is 0 Å². The Kier molecular flexibility index (Phi) is 5.57. The third kappa shape index (κ3) is 4.11. The van der Waals surface area contributed by atoms with Crippen molar-refractivity contribution in [1.29, 1.82) is 0 Å². The second-order valence-corrected chi connectivity index (χ2v) is 3.86. The van der Waals surface area contributed by atoms with Gasteiger partial charge in [-0.15, -0.1) is 0 Å². The first-order valence-electron chi connectivity index (χ1n) is 5.83. The van der Waals surface area contributed by atoms with Gasteiger partial charge in [-0.25, -0.2) is 0 Å². The maximum Gasteiger partial charge on any atom is 0.161 e. The minimum Gasteiger partial charge on any atom is -0.493 e. The fourth-order valence-corrected chi connectivity index (χ4v) is 1.67. The Balaban J connectivity index is 2.95. The van der Waals surface area contributed by atoms with Gasteiger partial charge in [0.1, 0.15) is 0 Å². The maximum absolute atomic E-state index is 5.54. The van der Waals surface area contributed by atoms with Crippen molar-refractivity contribution in [3.05, 3.63) is 29.3 Å². The Morgan fingerprint density at radius 2 is 2.12 bits per heavy atom. The number of benzene rings is 1. The summed E-state index contributed by atoms with van der Waals surface area (Å²) in [5.41, 5.74) is 2.40. The summed E-state index contributed by atoms with van der Waals surface area (Å²) in [6.07, 6.45) is 2.14. The number of hydrogen-bond acceptors (Lipinski definition) is 3. The van der Waals surface area contributed by atoms with Crippen LogP contribution in [-0.4, -0.2) is 27.3 Å². The second-order valence-electron chi connectivity index (χ2n) is 3.86. The number of nitrogens with one attached hydrogen (secondary N) is 1. The van der Waals surface area contributed by atoms with Gasteiger partial charge in [-0.3, -0.25) is 0 Å². The van der Waals surface area contributed by atoms with Crippen molar-refractivity contribution in [2.24, 2.45) is 0 Å². The van der Waals surface area contributed by atoms with E-state index in [4.69, 9.17) is 9.47 Å². The zero-order valence-electron chi connectivity index (χ0n) is 11.0. The molecule has 0 fully saturated rings. The Morgan fingerprint density at radius 3 is 2.71 bits per heavy atom. The molecule has 1 N–H and O–H groups in total. The number of likely N-dealkylation sites (N-methyl/N-ethyl adjacent to an activating group) is 1. The molecular weight excluding hydrogens is 214 g/mol. The third-order valence-electron chi connectivity index (χ3n) is 2.36. The molecule has 0 saturated carbocycles. The molecule has 0 radical (unpaired) electrons. The molecule has 3 heteroatoms. The van der Waals surface area contributed by atoms with E-state index in [0.29, 0.717) is 6.61 Å². The summed E-state index contributed by atoms with van der Waals surface area (Å²) in [7, 11) is 3.59. The smallest absolute Gasteiger partial charge is 0.161 e. The summed E-state index contributed by atoms with van der Waals surface area (Å²) >= 11 is 0. The molecule has 0 aromatic heterocycles. The first-order chi connectivity index (χ1) is 8.21. The number of ether oxygens (including phenoxy) is 2. The van der Waals surface area contributed by atoms with Crippen molar-refractivity contribution in [2.75, 3.05) is 27.3 Å². The Morgan fingerprint density at radius 1 is 1.35 bits per heavy atom. The van der Waals surface area contributed by atoms with Gasteiger partial charge in [0.2, 0.25) is 0 Å². The van der Waals surface area contributed by atoms with Crippen LogP contribution >= 0.6 is 0 Å². The topological polar surface area (TPSA) is 30.5 Å². The van der Waals surface area contributed by atoms with Crippen molar-refractivity contribution in [3.8, 4) is 11.5 Å². The van der Waals surface area contributed by atoms with Gasteiger partial charge < -0.3 is 14.8 Å². The van der Waals surface area contributed by atoms with E-state index in [1.54, 1.807) is 7.11 Å². The first-order valence-corrected chi connectivity index (χ1v) is 5.83. The Labute approximate surface area is 103 Å². The molecule has 0 bridgehead atoms. The van der Waals surface area contributed by atoms with Crippen LogP contribution in [0.1, 0.15) is 19.4 Å². The van der Waals surface area contributed by atoms with Crippen LogP contribution in [0, 0.1) is 0 Å². The van der Waals surface area contributed by atoms with Crippen molar-refractivity contribution >= 4 is 6.08 Å². The second kappa shape index (κ2) is 6.97. The molecule has 1 aromatic rings. The van der Waals surface area contributed by atoms with Crippen molar-refractivity contribution < 1.29 is 9.47 Å². The van der Waals surface area contributed by atoms with Crippen LogP contribution < -0.4 is 14.8 Å². The van der Waals surface area contributed by atoms with Crippen molar-refractivity contribution in [2.45, 2.75) is 13.8 Å². The zero-order chi connectivity index (χ0) is 12.7. The molecule has 0 spiro atoms. The highest BCUT2D eigenvalue weighted by molar-refractivity contribution is 5.58. The van der Waals surface area contributed by atoms with Crippen molar-refractivity contribution in [3.63, 3.8) is 0 Å². The van der Waals surface area contributed by atoms with Gasteiger partial charge in [-0.1, -0.05) is 17.7 Å². The summed E-state index contributed by atoms with van der Waals surface area (Å²) < 4.78 is 10.8. The van der Waals surface area contributed by atoms with Crippen molar-refractivity contribution in [1.82, 2.24) is 5.32 Å². The van der Waals surface area contributed by atoms with Gasteiger partial charge in [0.15, 0.2) is 11.5 Å². The normalized spacial score (nSPS) is 11.4. The molecule has 0 aliphatic heterocycles. The van der Waals surface area contributed by atoms with E-state index in [2.05, 4.69) is 18.3 Å². The molecule has 0 aliphatic rings. The summed E-state index contributed by atoms with van der Waals surface area (Å²) in [6.45, 7) is 5.59. The highest BCUT2D eigenvalue weighted by atomic mass is 16.5. The average molecular weight is 235 g/mol. The molecule has 0 heterocycles. The van der Waals surface area contributed by atoms with Gasteiger partial charge in [0.25, 0.3) is 0 Å². The lowest BCUT2D eigenvalue weighted by molar-refractivity contribution is 0.311. The highest BCUT2D eigenvalue weighted by Gasteiger charge is 2.04. The number of rotatable bonds is 6. The van der Waals surface area contributed by atoms with Gasteiger partial charge in [0, 0.05) is 6.54 Å². The fourth-order valence-electron chi connectivity index (χ4n) is 1.67. The first kappa shape index (κ1) is 13.6. The minimum atomic E-state index is 0.638. The van der Waals surface area contributed by atoms with E-state index < -0.39 is 0 Å². The maximum atomic E-state index is 5.54. The Hall–Kier alpha value is -1.48. The van der Waals surface area contributed by atoms with Crippen LogP contribution in [0.25, 0.3) is 6.08 Å². The van der Waals surface area contributed by atoms with Gasteiger partial charge in [-0.2, -0.15) is 0 Å². The average Bonchev–Trinajstić information content (AvgIpc) is 2.30. The molecule has 1 rings (SSSR count). The third-order valence-corrected chi connectivity index (χ3v) is 2.36. The van der Waals surface area contributed by atoms with Crippen LogP contribution in [0.2, 0.25) is 0 Å². The molecule has 0 atom stereocenters. The molecule has 1 aromatic carbocycles. The summed E-state index contributed by atoms with van der Waals surface area (Å²) in [5.74, 6) is 1.57. The van der Waals surface area contributed by atoms with Gasteiger partial charge >= 0.3 is 0 Å². The predicted molar refractivity (Wildman–Crippen MR) is 71.7 cm³/mol. The summed E-state index contributed by atoms with van der Waals surface area (Å²) in [5, 5.41) is 3.13. The molecule has 94 valence electrons. The lowest BCUT2D eigenvalue weighted by Crippen LogP contribution is -2.08. The molecule has 0 unspecified atom stereocenters. The highest BCUT2D eigenvalue weighted by Crippen LogP contribution is 2.28. The van der Waals surface area contributed by atoms with Crippen LogP contribution in [-0.2, 0) is 0 Å². The van der Waals surface area contributed by atoms with Crippen LogP contribution in [0.3, 0.4) is 0 Å². The SMILES string of the molecule is CCOc1cc(C=C(C)CNC)ccc1OC. The van der Waals surface area contributed by atoms with Crippen LogP contribution in [0.4, 0.5) is 0 Å². The monoisotopic (exact) mass is 235 g/mol. The summed E-state index contributed by atoms with van der Waals surface area (Å²) in [4.78, 5) is 0. The minimum absolute atomic E-state index is 0.638. The molecular formula is C14H21NO2.